The number of anilines is 1. The van der Waals surface area contributed by atoms with Crippen LogP contribution in [0, 0.1) is 5.92 Å². The van der Waals surface area contributed by atoms with Crippen LogP contribution in [0.25, 0.3) is 0 Å². The van der Waals surface area contributed by atoms with E-state index in [2.05, 4.69) is 5.32 Å². The third-order valence-electron chi connectivity index (χ3n) is 5.96. The second-order valence-electron chi connectivity index (χ2n) is 9.75. The molecule has 0 aliphatic carbocycles. The summed E-state index contributed by atoms with van der Waals surface area (Å²) in [6.45, 7) is 3.87. The van der Waals surface area contributed by atoms with Gasteiger partial charge in [-0.15, -0.1) is 0 Å². The summed E-state index contributed by atoms with van der Waals surface area (Å²) in [6.07, 6.45) is -2.14. The van der Waals surface area contributed by atoms with Crippen molar-refractivity contribution in [3.63, 3.8) is 0 Å². The third kappa shape index (κ3) is 11.2. The van der Waals surface area contributed by atoms with Crippen molar-refractivity contribution in [3.8, 4) is 0 Å². The fourth-order valence-corrected chi connectivity index (χ4v) is 6.35. The Hall–Kier alpha value is -1.25. The first-order chi connectivity index (χ1) is 18.3. The van der Waals surface area contributed by atoms with Gasteiger partial charge in [0.2, 0.25) is 10.0 Å². The minimum absolute atomic E-state index is 0. The number of hydrogen-bond donors (Lipinski definition) is 4. The Morgan fingerprint density at radius 2 is 1.80 bits per heavy atom. The van der Waals surface area contributed by atoms with E-state index in [1.54, 1.807) is 30.3 Å². The van der Waals surface area contributed by atoms with Gasteiger partial charge in [0.25, 0.3) is 0 Å². The molecule has 3 atom stereocenters. The molecule has 0 saturated carbocycles. The van der Waals surface area contributed by atoms with Crippen molar-refractivity contribution < 1.29 is 41.6 Å². The van der Waals surface area contributed by atoms with Gasteiger partial charge in [0, 0.05) is 25.2 Å². The average Bonchev–Trinajstić information content (AvgIpc) is 3.35. The van der Waals surface area contributed by atoms with Crippen molar-refractivity contribution in [1.29, 1.82) is 0 Å². The summed E-state index contributed by atoms with van der Waals surface area (Å²) in [5.41, 5.74) is 6.82. The molecular weight excluding hydrogens is 589 g/mol. The zero-order valence-corrected chi connectivity index (χ0v) is 23.6. The van der Waals surface area contributed by atoms with Crippen molar-refractivity contribution in [2.24, 2.45) is 5.92 Å². The molecule has 1 fully saturated rings. The molecule has 0 unspecified atom stereocenters. The molecule has 1 aliphatic heterocycles. The molecule has 2 aromatic rings. The van der Waals surface area contributed by atoms with E-state index in [-0.39, 0.29) is 68.1 Å². The van der Waals surface area contributed by atoms with E-state index >= 15 is 0 Å². The fourth-order valence-electron chi connectivity index (χ4n) is 4.16. The number of rotatable bonds is 13. The molecule has 1 heterocycles. The van der Waals surface area contributed by atoms with E-state index in [0.29, 0.717) is 18.7 Å². The Morgan fingerprint density at radius 3 is 2.35 bits per heavy atom. The van der Waals surface area contributed by atoms with Gasteiger partial charge in [-0.25, -0.2) is 17.8 Å². The number of carbonyl (C=O) groups is 1. The number of alkyl carbamates (subject to hydrolysis) is 1. The first-order valence-electron chi connectivity index (χ1n) is 12.5. The standard InChI is InChI=1S/C25H36N3O9PS.Ca.2H/c1-18(2)15-28(39(33,34)22-10-8-20(26)9-11-22)16-24(37-38(30,31)32)23(14-19-6-4-3-5-7-19)27-25(29)36-21-12-13-35-17-21;;;/h3-11,18,21,23-24H,12-17,26H2,1-2H3,(H,27,29)(H2,30,31,32);;;/t21-,23-,24+;;;/m0.../s1. The van der Waals surface area contributed by atoms with Gasteiger partial charge in [0.15, 0.2) is 0 Å². The molecule has 1 aliphatic rings. The number of amides is 1. The van der Waals surface area contributed by atoms with E-state index in [0.717, 1.165) is 9.87 Å². The molecule has 3 rings (SSSR count). The number of nitrogens with zero attached hydrogens (tertiary/aromatic N) is 1. The van der Waals surface area contributed by atoms with Gasteiger partial charge in [-0.1, -0.05) is 44.2 Å². The van der Waals surface area contributed by atoms with Crippen molar-refractivity contribution >= 4 is 67.4 Å². The minimum atomic E-state index is -5.12. The van der Waals surface area contributed by atoms with Crippen LogP contribution >= 0.6 is 7.82 Å². The second-order valence-corrected chi connectivity index (χ2v) is 12.9. The zero-order chi connectivity index (χ0) is 28.6. The average molecular weight is 628 g/mol. The summed E-state index contributed by atoms with van der Waals surface area (Å²) in [5, 5.41) is 2.65. The molecule has 15 heteroatoms. The quantitative estimate of drug-likeness (QED) is 0.145. The van der Waals surface area contributed by atoms with Crippen LogP contribution in [-0.2, 0) is 35.0 Å². The molecule has 0 spiro atoms. The van der Waals surface area contributed by atoms with Crippen LogP contribution in [0.2, 0.25) is 0 Å². The van der Waals surface area contributed by atoms with E-state index in [4.69, 9.17) is 19.7 Å². The molecule has 5 N–H and O–H groups in total. The molecule has 0 radical (unpaired) electrons. The molecule has 220 valence electrons. The number of sulfonamides is 1. The Kier molecular flexibility index (Phi) is 13.8. The van der Waals surface area contributed by atoms with Crippen LogP contribution in [0.15, 0.2) is 59.5 Å². The topological polar surface area (TPSA) is 178 Å². The normalized spacial score (nSPS) is 17.3. The summed E-state index contributed by atoms with van der Waals surface area (Å²) in [5.74, 6) is -0.142. The van der Waals surface area contributed by atoms with E-state index in [9.17, 15) is 27.6 Å². The molecule has 0 bridgehead atoms. The van der Waals surface area contributed by atoms with Gasteiger partial charge in [0.05, 0.1) is 24.2 Å². The number of nitrogens with two attached hydrogens (primary N) is 1. The van der Waals surface area contributed by atoms with Gasteiger partial charge in [-0.05, 0) is 42.2 Å². The number of nitrogen functional groups attached to an aromatic ring is 1. The maximum atomic E-state index is 13.6. The number of hydrogen-bond acceptors (Lipinski definition) is 8. The fraction of sp³-hybridized carbons (Fsp3) is 0.480. The van der Waals surface area contributed by atoms with E-state index < -0.39 is 48.7 Å². The third-order valence-corrected chi connectivity index (χ3v) is 8.35. The van der Waals surface area contributed by atoms with Crippen LogP contribution in [0.4, 0.5) is 10.5 Å². The first-order valence-corrected chi connectivity index (χ1v) is 15.5. The van der Waals surface area contributed by atoms with Gasteiger partial charge in [-0.2, -0.15) is 4.31 Å². The number of phosphoric acid groups is 1. The molecule has 0 aromatic heterocycles. The van der Waals surface area contributed by atoms with Gasteiger partial charge in [0.1, 0.15) is 12.2 Å². The SMILES string of the molecule is CC(C)CN(C[C@@H](OP(=O)(O)O)[C@H](Cc1ccccc1)NC(=O)O[C@H]1CCOC1)S(=O)(=O)c1ccc(N)cc1.[CaH2]. The number of phosphoric ester groups is 1. The first kappa shape index (κ1) is 34.9. The summed E-state index contributed by atoms with van der Waals surface area (Å²) in [4.78, 5) is 32.3. The van der Waals surface area contributed by atoms with Crippen molar-refractivity contribution in [3.05, 3.63) is 60.2 Å². The summed E-state index contributed by atoms with van der Waals surface area (Å²) in [6, 6.07) is 13.5. The van der Waals surface area contributed by atoms with Gasteiger partial charge in [-0.3, -0.25) is 4.52 Å². The van der Waals surface area contributed by atoms with Crippen molar-refractivity contribution in [2.75, 3.05) is 32.0 Å². The maximum absolute atomic E-state index is 13.6. The van der Waals surface area contributed by atoms with E-state index in [1.807, 2.05) is 13.8 Å². The predicted octanol–water partition coefficient (Wildman–Crippen LogP) is 1.60. The zero-order valence-electron chi connectivity index (χ0n) is 21.9. The van der Waals surface area contributed by atoms with Crippen LogP contribution in [0.5, 0.6) is 0 Å². The molecule has 2 aromatic carbocycles. The van der Waals surface area contributed by atoms with Crippen LogP contribution in [-0.4, -0.2) is 111 Å². The number of benzene rings is 2. The van der Waals surface area contributed by atoms with Crippen LogP contribution in [0.3, 0.4) is 0 Å². The number of nitrogens with one attached hydrogen (secondary N) is 1. The Balaban J connectivity index is 0.00000560. The molecular formula is C25H38CaN3O9PS. The summed E-state index contributed by atoms with van der Waals surface area (Å²) >= 11 is 0. The van der Waals surface area contributed by atoms with Gasteiger partial charge < -0.3 is 30.3 Å². The molecule has 1 amide bonds. The summed E-state index contributed by atoms with van der Waals surface area (Å²) in [7, 11) is -9.26. The monoisotopic (exact) mass is 627 g/mol. The molecule has 40 heavy (non-hydrogen) atoms. The Bertz CT molecular complexity index is 1220. The Labute approximate surface area is 264 Å². The Morgan fingerprint density at radius 1 is 1.15 bits per heavy atom. The van der Waals surface area contributed by atoms with E-state index in [1.165, 1.54) is 24.3 Å². The second kappa shape index (κ2) is 15.8. The summed E-state index contributed by atoms with van der Waals surface area (Å²) < 4.78 is 56.2. The van der Waals surface area contributed by atoms with Gasteiger partial charge >= 0.3 is 51.7 Å². The molecule has 1 saturated heterocycles. The van der Waals surface area contributed by atoms with Crippen LogP contribution in [0.1, 0.15) is 25.8 Å². The predicted molar refractivity (Wildman–Crippen MR) is 153 cm³/mol. The number of ether oxygens (including phenoxy) is 2. The van der Waals surface area contributed by atoms with Crippen molar-refractivity contribution in [1.82, 2.24) is 9.62 Å². The number of carbonyl (C=O) groups excluding carboxylic acids is 1. The molecule has 12 nitrogen and oxygen atoms in total. The van der Waals surface area contributed by atoms with Crippen LogP contribution < -0.4 is 11.1 Å². The van der Waals surface area contributed by atoms with Crippen molar-refractivity contribution in [2.45, 2.75) is 49.8 Å².